The largest absolute Gasteiger partial charge is 0.459 e. The molecule has 4 aromatic rings. The van der Waals surface area contributed by atoms with Crippen LogP contribution in [0.1, 0.15) is 41.4 Å². The summed E-state index contributed by atoms with van der Waals surface area (Å²) in [7, 11) is 0. The maximum absolute atomic E-state index is 13.3. The van der Waals surface area contributed by atoms with Gasteiger partial charge < -0.3 is 23.7 Å². The van der Waals surface area contributed by atoms with Crippen LogP contribution in [0.3, 0.4) is 0 Å². The normalized spacial score (nSPS) is 21.0. The minimum atomic E-state index is -1.40. The van der Waals surface area contributed by atoms with Crippen LogP contribution in [-0.2, 0) is 23.7 Å². The van der Waals surface area contributed by atoms with Gasteiger partial charge >= 0.3 is 23.9 Å². The molecule has 0 aliphatic carbocycles. The fraction of sp³-hybridized carbons (Fsp3) is 0.176. The minimum Gasteiger partial charge on any atom is -0.459 e. The van der Waals surface area contributed by atoms with Gasteiger partial charge in [-0.3, -0.25) is 0 Å². The third-order valence-corrected chi connectivity index (χ3v) is 7.17. The first kappa shape index (κ1) is 30.5. The summed E-state index contributed by atoms with van der Waals surface area (Å²) in [6.07, 6.45) is -5.26. The molecule has 1 unspecified atom stereocenters. The molecular weight excluding hydrogens is 584 g/mol. The first-order valence-corrected chi connectivity index (χ1v) is 14.3. The Morgan fingerprint density at radius 3 is 1.25 bits per heavy atom. The maximum Gasteiger partial charge on any atom is 0.338 e. The van der Waals surface area contributed by atoms with E-state index in [1.807, 2.05) is 0 Å². The number of carbonyl (C=O) groups is 4. The van der Waals surface area contributed by atoms with Crippen LogP contribution >= 0.6 is 12.6 Å². The number of esters is 4. The summed E-state index contributed by atoms with van der Waals surface area (Å²) >= 11 is 4.52. The van der Waals surface area contributed by atoms with Gasteiger partial charge in [0.1, 0.15) is 18.1 Å². The molecule has 1 aliphatic rings. The molecule has 0 saturated carbocycles. The number of rotatable bonds is 9. The first-order valence-electron chi connectivity index (χ1n) is 13.7. The predicted molar refractivity (Wildman–Crippen MR) is 161 cm³/mol. The van der Waals surface area contributed by atoms with Crippen molar-refractivity contribution in [3.63, 3.8) is 0 Å². The SMILES string of the molecule is O=C(OC[C@H]1OC(S)[C@H](OC(=O)c2ccccc2)[C@@H](OC(=O)c2ccccc2)[C@@H]1OC(=O)c1ccccc1)c1ccccc1. The highest BCUT2D eigenvalue weighted by Gasteiger charge is 2.52. The van der Waals surface area contributed by atoms with E-state index < -0.39 is 60.3 Å². The molecule has 0 amide bonds. The molecule has 4 aromatic carbocycles. The van der Waals surface area contributed by atoms with Crippen LogP contribution in [0.25, 0.3) is 0 Å². The summed E-state index contributed by atoms with van der Waals surface area (Å²) in [6.45, 7) is -0.393. The molecule has 5 atom stereocenters. The zero-order valence-electron chi connectivity index (χ0n) is 23.3. The van der Waals surface area contributed by atoms with Gasteiger partial charge in [-0.25, -0.2) is 19.2 Å². The van der Waals surface area contributed by atoms with Crippen molar-refractivity contribution in [3.05, 3.63) is 144 Å². The van der Waals surface area contributed by atoms with Crippen molar-refractivity contribution in [2.75, 3.05) is 6.61 Å². The van der Waals surface area contributed by atoms with E-state index in [2.05, 4.69) is 12.6 Å². The summed E-state index contributed by atoms with van der Waals surface area (Å²) in [5.41, 5.74) is -0.207. The topological polar surface area (TPSA) is 114 Å². The van der Waals surface area contributed by atoms with Gasteiger partial charge in [-0.2, -0.15) is 0 Å². The number of benzene rings is 4. The first-order chi connectivity index (χ1) is 21.4. The van der Waals surface area contributed by atoms with Crippen LogP contribution in [0, 0.1) is 0 Å². The molecule has 0 bridgehead atoms. The summed E-state index contributed by atoms with van der Waals surface area (Å²) in [5, 5.41) is 0. The standard InChI is InChI=1S/C34H28O9S/c35-30(22-13-5-1-6-14-22)39-21-26-27(41-31(36)23-15-7-2-8-16-23)28(42-32(37)24-17-9-3-10-18-24)29(34(44)40-26)43-33(38)25-19-11-4-12-20-25/h1-20,26-29,34,44H,21H2/t26-,27-,28+,29-,34?/m1/s1. The average molecular weight is 613 g/mol. The Hall–Kier alpha value is -4.93. The molecule has 0 spiro atoms. The molecule has 5 rings (SSSR count). The zero-order valence-corrected chi connectivity index (χ0v) is 24.2. The van der Waals surface area contributed by atoms with Crippen molar-refractivity contribution in [2.24, 2.45) is 0 Å². The quantitative estimate of drug-likeness (QED) is 0.155. The van der Waals surface area contributed by atoms with E-state index in [0.29, 0.717) is 5.56 Å². The lowest BCUT2D eigenvalue weighted by molar-refractivity contribution is -0.206. The monoisotopic (exact) mass is 612 g/mol. The molecule has 0 aromatic heterocycles. The molecule has 1 fully saturated rings. The molecule has 1 heterocycles. The molecule has 9 nitrogen and oxygen atoms in total. The van der Waals surface area contributed by atoms with E-state index in [1.165, 1.54) is 0 Å². The molecule has 10 heteroatoms. The minimum absolute atomic E-state index is 0.211. The summed E-state index contributed by atoms with van der Waals surface area (Å²) in [5.74, 6) is -2.90. The molecule has 0 N–H and O–H groups in total. The fourth-order valence-corrected chi connectivity index (χ4v) is 4.93. The number of ether oxygens (including phenoxy) is 5. The molecule has 1 aliphatic heterocycles. The highest BCUT2D eigenvalue weighted by Crippen LogP contribution is 2.32. The number of hydrogen-bond donors (Lipinski definition) is 1. The Kier molecular flexibility index (Phi) is 10.1. The molecule has 224 valence electrons. The van der Waals surface area contributed by atoms with Crippen molar-refractivity contribution in [1.82, 2.24) is 0 Å². The van der Waals surface area contributed by atoms with Crippen molar-refractivity contribution >= 4 is 36.5 Å². The van der Waals surface area contributed by atoms with Gasteiger partial charge in [-0.05, 0) is 48.5 Å². The van der Waals surface area contributed by atoms with Crippen LogP contribution < -0.4 is 0 Å². The lowest BCUT2D eigenvalue weighted by Crippen LogP contribution is -2.61. The van der Waals surface area contributed by atoms with Crippen molar-refractivity contribution < 1.29 is 42.9 Å². The van der Waals surface area contributed by atoms with Crippen molar-refractivity contribution in [2.45, 2.75) is 29.9 Å². The third kappa shape index (κ3) is 7.52. The van der Waals surface area contributed by atoms with Gasteiger partial charge in [-0.1, -0.05) is 72.8 Å². The number of thiol groups is 1. The summed E-state index contributed by atoms with van der Waals surface area (Å²) in [4.78, 5) is 52.5. The van der Waals surface area contributed by atoms with E-state index in [-0.39, 0.29) is 16.7 Å². The zero-order chi connectivity index (χ0) is 30.9. The Morgan fingerprint density at radius 1 is 0.500 bits per heavy atom. The Labute approximate surface area is 259 Å². The van der Waals surface area contributed by atoms with Crippen molar-refractivity contribution in [3.8, 4) is 0 Å². The van der Waals surface area contributed by atoms with E-state index in [4.69, 9.17) is 23.7 Å². The van der Waals surface area contributed by atoms with Crippen molar-refractivity contribution in [1.29, 1.82) is 0 Å². The molecule has 44 heavy (non-hydrogen) atoms. The van der Waals surface area contributed by atoms with Crippen LogP contribution in [0.5, 0.6) is 0 Å². The van der Waals surface area contributed by atoms with Gasteiger partial charge in [0, 0.05) is 0 Å². The average Bonchev–Trinajstić information content (AvgIpc) is 3.07. The lowest BCUT2D eigenvalue weighted by Gasteiger charge is -2.43. The third-order valence-electron chi connectivity index (χ3n) is 6.76. The van der Waals surface area contributed by atoms with Gasteiger partial charge in [0.25, 0.3) is 0 Å². The second-order valence-electron chi connectivity index (χ2n) is 9.74. The summed E-state index contributed by atoms with van der Waals surface area (Å²) in [6, 6.07) is 32.8. The number of carbonyl (C=O) groups excluding carboxylic acids is 4. The highest BCUT2D eigenvalue weighted by molar-refractivity contribution is 7.80. The van der Waals surface area contributed by atoms with E-state index in [0.717, 1.165) is 0 Å². The van der Waals surface area contributed by atoms with Gasteiger partial charge in [0.15, 0.2) is 18.3 Å². The Bertz CT molecular complexity index is 1570. The molecule has 1 saturated heterocycles. The lowest BCUT2D eigenvalue weighted by atomic mass is 9.98. The predicted octanol–water partition coefficient (Wildman–Crippen LogP) is 5.17. The Morgan fingerprint density at radius 2 is 0.841 bits per heavy atom. The molecular formula is C34H28O9S. The van der Waals surface area contributed by atoms with E-state index in [9.17, 15) is 19.2 Å². The Balaban J connectivity index is 1.48. The number of hydrogen-bond acceptors (Lipinski definition) is 10. The highest BCUT2D eigenvalue weighted by atomic mass is 32.1. The van der Waals surface area contributed by atoms with Gasteiger partial charge in [0.2, 0.25) is 0 Å². The van der Waals surface area contributed by atoms with E-state index in [1.54, 1.807) is 121 Å². The second-order valence-corrected chi connectivity index (χ2v) is 10.2. The van der Waals surface area contributed by atoms with Crippen LogP contribution in [0.15, 0.2) is 121 Å². The summed E-state index contributed by atoms with van der Waals surface area (Å²) < 4.78 is 29.1. The van der Waals surface area contributed by atoms with E-state index >= 15 is 0 Å². The second kappa shape index (κ2) is 14.5. The molecule has 0 radical (unpaired) electrons. The van der Waals surface area contributed by atoms with Gasteiger partial charge in [0.05, 0.1) is 22.3 Å². The maximum atomic E-state index is 13.3. The van der Waals surface area contributed by atoms with Crippen LogP contribution in [-0.4, -0.2) is 60.3 Å². The smallest absolute Gasteiger partial charge is 0.338 e. The fourth-order valence-electron chi connectivity index (χ4n) is 4.54. The van der Waals surface area contributed by atoms with Crippen LogP contribution in [0.4, 0.5) is 0 Å². The van der Waals surface area contributed by atoms with Gasteiger partial charge in [-0.15, -0.1) is 12.6 Å². The van der Waals surface area contributed by atoms with Crippen LogP contribution in [0.2, 0.25) is 0 Å².